The van der Waals surface area contributed by atoms with Gasteiger partial charge >= 0.3 is 0 Å². The van der Waals surface area contributed by atoms with Gasteiger partial charge in [0.25, 0.3) is 0 Å². The molecule has 0 aliphatic rings. The second-order valence-electron chi connectivity index (χ2n) is 2.34. The minimum atomic E-state index is 0.879. The lowest BCUT2D eigenvalue weighted by Crippen LogP contribution is -1.81. The molecule has 2 rings (SSSR count). The van der Waals surface area contributed by atoms with Crippen molar-refractivity contribution < 1.29 is 0 Å². The number of pyridine rings is 1. The van der Waals surface area contributed by atoms with Gasteiger partial charge in [-0.3, -0.25) is 0 Å². The minimum Gasteiger partial charge on any atom is -0.346 e. The van der Waals surface area contributed by atoms with Gasteiger partial charge in [-0.1, -0.05) is 15.9 Å². The van der Waals surface area contributed by atoms with E-state index in [0.29, 0.717) is 0 Å². The van der Waals surface area contributed by atoms with E-state index in [1.54, 1.807) is 0 Å². The van der Waals surface area contributed by atoms with Crippen molar-refractivity contribution in [2.45, 2.75) is 5.33 Å². The number of aromatic amines is 1. The molecular weight excluding hydrogens is 204 g/mol. The van der Waals surface area contributed by atoms with Gasteiger partial charge in [0.2, 0.25) is 0 Å². The zero-order valence-corrected chi connectivity index (χ0v) is 7.43. The standard InChI is InChI=1S/C8H7BrN2/c9-5-6-1-3-10-8-7(6)2-4-11-8/h1-4H,5H2,(H,10,11). The average molecular weight is 211 g/mol. The highest BCUT2D eigenvalue weighted by molar-refractivity contribution is 9.08. The molecule has 56 valence electrons. The number of alkyl halides is 1. The molecule has 3 heteroatoms. The fraction of sp³-hybridized carbons (Fsp3) is 0.125. The largest absolute Gasteiger partial charge is 0.346 e. The van der Waals surface area contributed by atoms with Crippen LogP contribution in [0.1, 0.15) is 5.56 Å². The van der Waals surface area contributed by atoms with Crippen LogP contribution < -0.4 is 0 Å². The molecular formula is C8H7BrN2. The van der Waals surface area contributed by atoms with E-state index in [1.165, 1.54) is 10.9 Å². The predicted molar refractivity (Wildman–Crippen MR) is 48.7 cm³/mol. The molecule has 0 saturated carbocycles. The number of H-pyrrole nitrogens is 1. The van der Waals surface area contributed by atoms with Crippen LogP contribution in [0.3, 0.4) is 0 Å². The number of hydrogen-bond donors (Lipinski definition) is 1. The van der Waals surface area contributed by atoms with Crippen molar-refractivity contribution in [1.29, 1.82) is 0 Å². The Bertz CT molecular complexity index is 367. The molecule has 0 radical (unpaired) electrons. The fourth-order valence-corrected chi connectivity index (χ4v) is 1.62. The maximum atomic E-state index is 4.17. The van der Waals surface area contributed by atoms with E-state index >= 15 is 0 Å². The molecule has 2 heterocycles. The molecule has 11 heavy (non-hydrogen) atoms. The topological polar surface area (TPSA) is 28.7 Å². The summed E-state index contributed by atoms with van der Waals surface area (Å²) in [6, 6.07) is 4.06. The van der Waals surface area contributed by atoms with E-state index < -0.39 is 0 Å². The van der Waals surface area contributed by atoms with Crippen molar-refractivity contribution in [3.05, 3.63) is 30.1 Å². The number of nitrogens with zero attached hydrogens (tertiary/aromatic N) is 1. The van der Waals surface area contributed by atoms with Crippen molar-refractivity contribution in [1.82, 2.24) is 9.97 Å². The Hall–Kier alpha value is -0.830. The highest BCUT2D eigenvalue weighted by Crippen LogP contribution is 2.16. The number of nitrogens with one attached hydrogen (secondary N) is 1. The number of hydrogen-bond acceptors (Lipinski definition) is 1. The first-order valence-electron chi connectivity index (χ1n) is 3.39. The van der Waals surface area contributed by atoms with Crippen molar-refractivity contribution in [3.63, 3.8) is 0 Å². The Morgan fingerprint density at radius 2 is 2.36 bits per heavy atom. The van der Waals surface area contributed by atoms with Crippen LogP contribution in [-0.2, 0) is 5.33 Å². The molecule has 0 saturated heterocycles. The van der Waals surface area contributed by atoms with E-state index in [4.69, 9.17) is 0 Å². The van der Waals surface area contributed by atoms with E-state index in [2.05, 4.69) is 25.9 Å². The fourth-order valence-electron chi connectivity index (χ4n) is 1.13. The van der Waals surface area contributed by atoms with Gasteiger partial charge in [-0.2, -0.15) is 0 Å². The third-order valence-corrected chi connectivity index (χ3v) is 2.30. The van der Waals surface area contributed by atoms with E-state index in [0.717, 1.165) is 11.0 Å². The molecule has 0 amide bonds. The van der Waals surface area contributed by atoms with Crippen LogP contribution in [0.15, 0.2) is 24.5 Å². The lowest BCUT2D eigenvalue weighted by atomic mass is 10.2. The molecule has 2 aromatic rings. The van der Waals surface area contributed by atoms with Gasteiger partial charge in [-0.15, -0.1) is 0 Å². The minimum absolute atomic E-state index is 0.879. The summed E-state index contributed by atoms with van der Waals surface area (Å²) in [5, 5.41) is 2.08. The highest BCUT2D eigenvalue weighted by Gasteiger charge is 1.99. The van der Waals surface area contributed by atoms with E-state index in [9.17, 15) is 0 Å². The summed E-state index contributed by atoms with van der Waals surface area (Å²) in [5.74, 6) is 0. The lowest BCUT2D eigenvalue weighted by Gasteiger charge is -1.95. The highest BCUT2D eigenvalue weighted by atomic mass is 79.9. The molecule has 0 fully saturated rings. The van der Waals surface area contributed by atoms with Gasteiger partial charge in [-0.05, 0) is 17.7 Å². The van der Waals surface area contributed by atoms with Gasteiger partial charge in [0.1, 0.15) is 5.65 Å². The lowest BCUT2D eigenvalue weighted by molar-refractivity contribution is 1.30. The Balaban J connectivity index is 2.79. The molecule has 0 aromatic carbocycles. The molecule has 0 unspecified atom stereocenters. The van der Waals surface area contributed by atoms with E-state index in [-0.39, 0.29) is 0 Å². The Morgan fingerprint density at radius 3 is 3.18 bits per heavy atom. The Kier molecular flexibility index (Phi) is 1.66. The molecule has 0 bridgehead atoms. The average Bonchev–Trinajstić information content (AvgIpc) is 2.50. The molecule has 2 nitrogen and oxygen atoms in total. The summed E-state index contributed by atoms with van der Waals surface area (Å²) in [6.07, 6.45) is 3.72. The summed E-state index contributed by atoms with van der Waals surface area (Å²) in [5.41, 5.74) is 2.23. The van der Waals surface area contributed by atoms with Crippen LogP contribution in [0, 0.1) is 0 Å². The smallest absolute Gasteiger partial charge is 0.137 e. The van der Waals surface area contributed by atoms with Gasteiger partial charge in [0, 0.05) is 23.1 Å². The Labute approximate surface area is 72.8 Å². The van der Waals surface area contributed by atoms with Crippen LogP contribution >= 0.6 is 15.9 Å². The molecule has 2 aromatic heterocycles. The molecule has 0 aliphatic heterocycles. The third kappa shape index (κ3) is 1.05. The van der Waals surface area contributed by atoms with Crippen LogP contribution in [0.4, 0.5) is 0 Å². The van der Waals surface area contributed by atoms with Crippen LogP contribution in [-0.4, -0.2) is 9.97 Å². The SMILES string of the molecule is BrCc1ccnc2[nH]ccc12. The monoisotopic (exact) mass is 210 g/mol. The van der Waals surface area contributed by atoms with Crippen LogP contribution in [0.5, 0.6) is 0 Å². The van der Waals surface area contributed by atoms with Gasteiger partial charge in [0.05, 0.1) is 0 Å². The summed E-state index contributed by atoms with van der Waals surface area (Å²) < 4.78 is 0. The maximum Gasteiger partial charge on any atom is 0.137 e. The predicted octanol–water partition coefficient (Wildman–Crippen LogP) is 2.46. The third-order valence-electron chi connectivity index (χ3n) is 1.69. The van der Waals surface area contributed by atoms with Gasteiger partial charge in [-0.25, -0.2) is 4.98 Å². The van der Waals surface area contributed by atoms with Gasteiger partial charge in [0.15, 0.2) is 0 Å². The van der Waals surface area contributed by atoms with Crippen LogP contribution in [0.2, 0.25) is 0 Å². The molecule has 1 N–H and O–H groups in total. The molecule has 0 aliphatic carbocycles. The normalized spacial score (nSPS) is 10.6. The summed E-state index contributed by atoms with van der Waals surface area (Å²) >= 11 is 3.42. The van der Waals surface area contributed by atoms with Crippen molar-refractivity contribution in [2.75, 3.05) is 0 Å². The number of halogens is 1. The first-order chi connectivity index (χ1) is 5.42. The summed E-state index contributed by atoms with van der Waals surface area (Å²) in [7, 11) is 0. The Morgan fingerprint density at radius 1 is 1.45 bits per heavy atom. The zero-order valence-electron chi connectivity index (χ0n) is 5.84. The second kappa shape index (κ2) is 2.66. The number of rotatable bonds is 1. The second-order valence-corrected chi connectivity index (χ2v) is 2.90. The van der Waals surface area contributed by atoms with E-state index in [1.807, 2.05) is 24.5 Å². The first-order valence-corrected chi connectivity index (χ1v) is 4.51. The maximum absolute atomic E-state index is 4.17. The van der Waals surface area contributed by atoms with Crippen molar-refractivity contribution >= 4 is 27.0 Å². The van der Waals surface area contributed by atoms with Gasteiger partial charge < -0.3 is 4.98 Å². The van der Waals surface area contributed by atoms with Crippen molar-refractivity contribution in [3.8, 4) is 0 Å². The summed E-state index contributed by atoms with van der Waals surface area (Å²) in [4.78, 5) is 7.24. The molecule has 0 spiro atoms. The number of fused-ring (bicyclic) bond motifs is 1. The number of aromatic nitrogens is 2. The zero-order chi connectivity index (χ0) is 7.68. The quantitative estimate of drug-likeness (QED) is 0.721. The first kappa shape index (κ1) is 6.85. The summed E-state index contributed by atoms with van der Waals surface area (Å²) in [6.45, 7) is 0. The van der Waals surface area contributed by atoms with Crippen LogP contribution in [0.25, 0.3) is 11.0 Å². The molecule has 0 atom stereocenters. The van der Waals surface area contributed by atoms with Crippen molar-refractivity contribution in [2.24, 2.45) is 0 Å².